The number of amides is 1. The van der Waals surface area contributed by atoms with Crippen molar-refractivity contribution < 1.29 is 4.79 Å². The molecule has 19 heteroatoms. The van der Waals surface area contributed by atoms with Crippen molar-refractivity contribution in [3.63, 3.8) is 0 Å². The summed E-state index contributed by atoms with van der Waals surface area (Å²) >= 11 is 0. The molecule has 5 N–H and O–H groups in total. The number of carbonyl (C=O) groups excluding carboxylic acids is 1. The van der Waals surface area contributed by atoms with E-state index in [0.717, 1.165) is 145 Å². The van der Waals surface area contributed by atoms with Gasteiger partial charge in [-0.25, -0.2) is 15.0 Å². The molecule has 0 saturated heterocycles. The van der Waals surface area contributed by atoms with Gasteiger partial charge in [-0.1, -0.05) is 40.0 Å². The van der Waals surface area contributed by atoms with Crippen molar-refractivity contribution in [2.75, 3.05) is 0 Å². The fourth-order valence-corrected chi connectivity index (χ4v) is 13.1. The third kappa shape index (κ3) is 10.1. The number of primary amides is 1. The van der Waals surface area contributed by atoms with Gasteiger partial charge in [-0.05, 0) is 131 Å². The van der Waals surface area contributed by atoms with Gasteiger partial charge in [0.2, 0.25) is 5.91 Å². The maximum absolute atomic E-state index is 11.0. The van der Waals surface area contributed by atoms with E-state index in [-0.39, 0.29) is 5.91 Å². The monoisotopic (exact) mass is 985 g/mol. The van der Waals surface area contributed by atoms with Gasteiger partial charge in [0.1, 0.15) is 17.5 Å². The number of unbranched alkanes of at least 4 members (excludes halogenated alkanes) is 2. The van der Waals surface area contributed by atoms with Gasteiger partial charge in [-0.3, -0.25) is 18.0 Å². The Balaban J connectivity index is 0.000000126. The summed E-state index contributed by atoms with van der Waals surface area (Å²) in [6.07, 6.45) is 29.7. The molecule has 0 aromatic carbocycles. The zero-order valence-corrected chi connectivity index (χ0v) is 42.4. The number of hydrogen-bond acceptors (Lipinski definition) is 12. The van der Waals surface area contributed by atoms with Crippen LogP contribution < -0.4 is 5.73 Å². The molecule has 9 aromatic rings. The van der Waals surface area contributed by atoms with E-state index in [1.807, 2.05) is 36.8 Å². The molecule has 9 heterocycles. The average Bonchev–Trinajstić information content (AvgIpc) is 4.24. The van der Waals surface area contributed by atoms with Gasteiger partial charge in [0, 0.05) is 55.6 Å². The van der Waals surface area contributed by atoms with Crippen LogP contribution in [-0.2, 0) is 4.79 Å². The molecule has 0 bridgehead atoms. The fourth-order valence-electron chi connectivity index (χ4n) is 13.1. The van der Waals surface area contributed by atoms with Crippen LogP contribution in [0, 0.1) is 58.2 Å². The minimum Gasteiger partial charge on any atom is -0.370 e. The number of rotatable bonds is 16. The Morgan fingerprint density at radius 1 is 0.548 bits per heavy atom. The summed E-state index contributed by atoms with van der Waals surface area (Å²) in [5, 5.41) is 44.2. The minimum absolute atomic E-state index is 0.201. The summed E-state index contributed by atoms with van der Waals surface area (Å²) in [6.45, 7) is 6.79. The number of hydrogen-bond donors (Lipinski definition) is 4. The van der Waals surface area contributed by atoms with Crippen LogP contribution in [-0.4, -0.2) is 79.6 Å². The Labute approximate surface area is 424 Å². The van der Waals surface area contributed by atoms with Crippen LogP contribution in [0.4, 0.5) is 0 Å². The molecule has 1 amide bonds. The molecule has 12 rings (SSSR count). The van der Waals surface area contributed by atoms with E-state index in [9.17, 15) is 4.79 Å². The predicted octanol–water partition coefficient (Wildman–Crippen LogP) is 10.4. The third-order valence-corrected chi connectivity index (χ3v) is 16.7. The molecule has 0 radical (unpaired) electrons. The molecule has 9 aromatic heterocycles. The summed E-state index contributed by atoms with van der Waals surface area (Å²) in [5.41, 5.74) is 13.5. The molecule has 3 fully saturated rings. The lowest BCUT2D eigenvalue weighted by Gasteiger charge is -2.16. The van der Waals surface area contributed by atoms with Crippen LogP contribution >= 0.6 is 0 Å². The summed E-state index contributed by atoms with van der Waals surface area (Å²) < 4.78 is 6.49. The zero-order chi connectivity index (χ0) is 50.4. The van der Waals surface area contributed by atoms with Crippen molar-refractivity contribution >= 4 is 56.3 Å². The van der Waals surface area contributed by atoms with Crippen molar-refractivity contribution in [2.24, 2.45) is 41.2 Å². The highest BCUT2D eigenvalue weighted by atomic mass is 16.1. The highest BCUT2D eigenvalue weighted by Crippen LogP contribution is 2.48. The summed E-state index contributed by atoms with van der Waals surface area (Å²) in [6, 6.07) is 10.6. The second kappa shape index (κ2) is 22.2. The second-order valence-electron chi connectivity index (χ2n) is 21.0. The lowest BCUT2D eigenvalue weighted by molar-refractivity contribution is -0.118. The minimum atomic E-state index is -0.201. The Kier molecular flexibility index (Phi) is 15.0. The van der Waals surface area contributed by atoms with Crippen molar-refractivity contribution in [3.05, 3.63) is 72.9 Å². The van der Waals surface area contributed by atoms with Crippen LogP contribution in [0.5, 0.6) is 0 Å². The van der Waals surface area contributed by atoms with Crippen LogP contribution in [0.25, 0.3) is 50.4 Å². The van der Waals surface area contributed by atoms with Gasteiger partial charge in [0.15, 0.2) is 33.9 Å². The maximum atomic E-state index is 11.0. The van der Waals surface area contributed by atoms with Gasteiger partial charge >= 0.3 is 0 Å². The van der Waals surface area contributed by atoms with Crippen LogP contribution in [0.3, 0.4) is 0 Å². The molecular formula is C54H68N18O. The van der Waals surface area contributed by atoms with Gasteiger partial charge in [0.25, 0.3) is 0 Å². The predicted molar refractivity (Wildman–Crippen MR) is 278 cm³/mol. The number of carbonyl (C=O) groups is 1. The van der Waals surface area contributed by atoms with E-state index < -0.39 is 0 Å². The first-order valence-corrected chi connectivity index (χ1v) is 26.8. The van der Waals surface area contributed by atoms with Gasteiger partial charge in [0.05, 0.1) is 47.3 Å². The summed E-state index contributed by atoms with van der Waals surface area (Å²) in [4.78, 5) is 33.7. The molecule has 73 heavy (non-hydrogen) atoms. The first-order chi connectivity index (χ1) is 35.8. The molecule has 3 unspecified atom stereocenters. The average molecular weight is 985 g/mol. The number of nitrogens with zero attached hydrogens (tertiary/aromatic N) is 14. The van der Waals surface area contributed by atoms with E-state index in [2.05, 4.69) is 107 Å². The largest absolute Gasteiger partial charge is 0.370 e. The lowest BCUT2D eigenvalue weighted by Crippen LogP contribution is -2.10. The van der Waals surface area contributed by atoms with E-state index in [1.54, 1.807) is 18.6 Å². The number of aromatic nitrogens is 15. The quantitative estimate of drug-likeness (QED) is 0.0659. The third-order valence-electron chi connectivity index (χ3n) is 16.7. The highest BCUT2D eigenvalue weighted by molar-refractivity contribution is 5.76. The Morgan fingerprint density at radius 2 is 0.890 bits per heavy atom. The maximum Gasteiger partial charge on any atom is 0.217 e. The van der Waals surface area contributed by atoms with Crippen molar-refractivity contribution in [1.82, 2.24) is 73.7 Å². The molecule has 3 aliphatic carbocycles. The molecule has 380 valence electrons. The SMILES string of the molecule is CCC1CC(CCCC(N)=O)CC1c1nnc2cnc3[nH]ccc3n12.CC[C@@H]1C[C@@H](CCCC#N)C[C@@H]1c1nnc2cnc3[nH]ccc3n12.CC[C@@H]1C[C@H](CCCC#N)C[C@@H]1c1nnc2cnc3[nH]ccc3n12. The van der Waals surface area contributed by atoms with Gasteiger partial charge < -0.3 is 20.7 Å². The lowest BCUT2D eigenvalue weighted by atomic mass is 9.93. The first kappa shape index (κ1) is 49.3. The Hall–Kier alpha value is -7.28. The van der Waals surface area contributed by atoms with Crippen molar-refractivity contribution in [3.8, 4) is 12.1 Å². The molecule has 9 atom stereocenters. The molecule has 19 nitrogen and oxygen atoms in total. The second-order valence-corrected chi connectivity index (χ2v) is 21.0. The summed E-state index contributed by atoms with van der Waals surface area (Å²) in [7, 11) is 0. The van der Waals surface area contributed by atoms with Crippen LogP contribution in [0.15, 0.2) is 55.4 Å². The number of fused-ring (bicyclic) bond motifs is 9. The molecule has 3 aliphatic rings. The first-order valence-electron chi connectivity index (χ1n) is 26.8. The number of nitrogens with one attached hydrogen (secondary N) is 3. The highest BCUT2D eigenvalue weighted by Gasteiger charge is 2.39. The zero-order valence-electron chi connectivity index (χ0n) is 42.4. The van der Waals surface area contributed by atoms with E-state index in [4.69, 9.17) is 16.3 Å². The van der Waals surface area contributed by atoms with Crippen LogP contribution in [0.1, 0.15) is 172 Å². The van der Waals surface area contributed by atoms with E-state index >= 15 is 0 Å². The number of nitriles is 2. The Morgan fingerprint density at radius 3 is 1.21 bits per heavy atom. The van der Waals surface area contributed by atoms with E-state index in [0.29, 0.717) is 72.5 Å². The summed E-state index contributed by atoms with van der Waals surface area (Å²) in [5.74, 6) is 8.20. The number of aromatic amines is 3. The van der Waals surface area contributed by atoms with E-state index in [1.165, 1.54) is 19.3 Å². The van der Waals surface area contributed by atoms with Gasteiger partial charge in [-0.2, -0.15) is 10.5 Å². The molecule has 3 saturated carbocycles. The number of H-pyrrole nitrogens is 3. The normalized spacial score (nSPS) is 23.8. The van der Waals surface area contributed by atoms with Crippen molar-refractivity contribution in [1.29, 1.82) is 10.5 Å². The number of nitrogens with two attached hydrogens (primary N) is 1. The molecular weight excluding hydrogens is 917 g/mol. The Bertz CT molecular complexity index is 3230. The standard InChI is InChI=1S/C18H24N6O.2C18H22N6/c1-2-12-8-11(4-3-5-15(19)25)9-13(12)18-23-22-16-10-21-17-14(24(16)18)6-7-20-17;2*1-2-13-9-12(5-3-4-7-19)10-14(13)18-23-22-16-11-21-17-15(24(16)18)6-8-20-17/h6-7,10-13,20H,2-5,8-9H2,1H3,(H2,19,25);2*6,8,11-14,20H,2-5,9-10H2,1H3/t;12-,13+,14-;12-,13-,14+/m.01/s1. The molecule has 0 spiro atoms. The van der Waals surface area contributed by atoms with Gasteiger partial charge in [-0.15, -0.1) is 30.6 Å². The van der Waals surface area contributed by atoms with Crippen LogP contribution in [0.2, 0.25) is 0 Å². The fraction of sp³-hybridized carbons (Fsp3) is 0.556. The molecule has 0 aliphatic heterocycles. The topological polar surface area (TPSA) is 267 Å². The van der Waals surface area contributed by atoms with Crippen molar-refractivity contribution in [2.45, 2.75) is 154 Å². The smallest absolute Gasteiger partial charge is 0.217 e.